The van der Waals surface area contributed by atoms with E-state index in [-0.39, 0.29) is 6.54 Å². The van der Waals surface area contributed by atoms with E-state index in [0.29, 0.717) is 18.6 Å². The zero-order chi connectivity index (χ0) is 11.1. The summed E-state index contributed by atoms with van der Waals surface area (Å²) < 4.78 is 37.6. The van der Waals surface area contributed by atoms with E-state index in [1.807, 2.05) is 11.8 Å². The monoisotopic (exact) mass is 222 g/mol. The van der Waals surface area contributed by atoms with Crippen molar-refractivity contribution in [2.45, 2.75) is 50.5 Å². The Hall–Kier alpha value is -0.290. The van der Waals surface area contributed by atoms with Gasteiger partial charge in [-0.1, -0.05) is 6.42 Å². The molecule has 5 heteroatoms. The lowest BCUT2D eigenvalue weighted by atomic mass is 9.93. The minimum atomic E-state index is -4.11. The maximum absolute atomic E-state index is 12.5. The number of hydrogen-bond acceptors (Lipinski definition) is 2. The van der Waals surface area contributed by atoms with E-state index < -0.39 is 12.2 Å². The first-order chi connectivity index (χ1) is 6.98. The van der Waals surface area contributed by atoms with Gasteiger partial charge in [0.15, 0.2) is 0 Å². The van der Waals surface area contributed by atoms with Gasteiger partial charge in [0, 0.05) is 25.2 Å². The fourth-order valence-electron chi connectivity index (χ4n) is 2.66. The molecule has 0 aromatic rings. The maximum Gasteiger partial charge on any atom is 0.405 e. The number of halogens is 3. The van der Waals surface area contributed by atoms with Crippen molar-refractivity contribution in [1.29, 1.82) is 0 Å². The van der Waals surface area contributed by atoms with Crippen molar-refractivity contribution in [1.82, 2.24) is 10.2 Å². The number of rotatable bonds is 0. The molecule has 2 aliphatic heterocycles. The third-order valence-corrected chi connectivity index (χ3v) is 3.58. The Balaban J connectivity index is 2.02. The van der Waals surface area contributed by atoms with Gasteiger partial charge in [-0.3, -0.25) is 4.90 Å². The second-order valence-electron chi connectivity index (χ2n) is 4.63. The number of fused-ring (bicyclic) bond motifs is 1. The lowest BCUT2D eigenvalue weighted by Crippen LogP contribution is -2.64. The maximum atomic E-state index is 12.5. The third-order valence-electron chi connectivity index (χ3n) is 3.58. The Kier molecular flexibility index (Phi) is 2.94. The van der Waals surface area contributed by atoms with Crippen LogP contribution in [0.15, 0.2) is 0 Å². The number of piperazine rings is 1. The summed E-state index contributed by atoms with van der Waals surface area (Å²) in [5.41, 5.74) is 0. The van der Waals surface area contributed by atoms with Gasteiger partial charge in [-0.15, -0.1) is 0 Å². The topological polar surface area (TPSA) is 15.3 Å². The van der Waals surface area contributed by atoms with Crippen molar-refractivity contribution in [3.63, 3.8) is 0 Å². The molecule has 0 aromatic heterocycles. The second-order valence-corrected chi connectivity index (χ2v) is 4.63. The van der Waals surface area contributed by atoms with Gasteiger partial charge in [0.2, 0.25) is 0 Å². The summed E-state index contributed by atoms with van der Waals surface area (Å²) in [7, 11) is 0. The largest absolute Gasteiger partial charge is 0.405 e. The van der Waals surface area contributed by atoms with Gasteiger partial charge in [0.05, 0.1) is 0 Å². The zero-order valence-corrected chi connectivity index (χ0v) is 8.85. The predicted molar refractivity (Wildman–Crippen MR) is 51.7 cm³/mol. The molecular weight excluding hydrogens is 205 g/mol. The molecule has 2 saturated heterocycles. The van der Waals surface area contributed by atoms with Crippen LogP contribution in [0.4, 0.5) is 13.2 Å². The van der Waals surface area contributed by atoms with E-state index in [4.69, 9.17) is 0 Å². The van der Waals surface area contributed by atoms with E-state index in [2.05, 4.69) is 5.32 Å². The summed E-state index contributed by atoms with van der Waals surface area (Å²) in [5, 5.41) is 2.61. The molecular formula is C10H17F3N2. The lowest BCUT2D eigenvalue weighted by Gasteiger charge is -2.47. The average Bonchev–Trinajstić information content (AvgIpc) is 2.16. The van der Waals surface area contributed by atoms with Crippen LogP contribution in [0.5, 0.6) is 0 Å². The normalized spacial score (nSPS) is 38.8. The van der Waals surface area contributed by atoms with Crippen LogP contribution in [0.3, 0.4) is 0 Å². The summed E-state index contributed by atoms with van der Waals surface area (Å²) in [6.45, 7) is 2.63. The summed E-state index contributed by atoms with van der Waals surface area (Å²) in [4.78, 5) is 2.03. The fourth-order valence-corrected chi connectivity index (χ4v) is 2.66. The molecule has 2 fully saturated rings. The van der Waals surface area contributed by atoms with Gasteiger partial charge in [-0.05, 0) is 19.8 Å². The molecule has 0 amide bonds. The molecule has 2 rings (SSSR count). The van der Waals surface area contributed by atoms with E-state index in [9.17, 15) is 13.2 Å². The number of alkyl halides is 3. The van der Waals surface area contributed by atoms with Gasteiger partial charge >= 0.3 is 6.18 Å². The molecule has 0 bridgehead atoms. The molecule has 2 heterocycles. The molecule has 0 aromatic carbocycles. The van der Waals surface area contributed by atoms with Crippen LogP contribution in [0.1, 0.15) is 26.2 Å². The highest BCUT2D eigenvalue weighted by Gasteiger charge is 2.45. The first kappa shape index (κ1) is 11.2. The molecule has 0 saturated carbocycles. The SMILES string of the molecule is CC1CCCC2CNC(C(F)(F)F)CN12. The number of hydrogen-bond donors (Lipinski definition) is 1. The van der Waals surface area contributed by atoms with Crippen LogP contribution in [0.25, 0.3) is 0 Å². The quantitative estimate of drug-likeness (QED) is 0.672. The van der Waals surface area contributed by atoms with E-state index in [0.717, 1.165) is 19.3 Å². The fraction of sp³-hybridized carbons (Fsp3) is 1.00. The van der Waals surface area contributed by atoms with Gasteiger partial charge < -0.3 is 5.32 Å². The second kappa shape index (κ2) is 3.94. The van der Waals surface area contributed by atoms with Crippen LogP contribution in [-0.4, -0.2) is 42.3 Å². The summed E-state index contributed by atoms with van der Waals surface area (Å²) in [6.07, 6.45) is -0.911. The molecule has 2 nitrogen and oxygen atoms in total. The summed E-state index contributed by atoms with van der Waals surface area (Å²) in [6, 6.07) is -0.725. The van der Waals surface area contributed by atoms with E-state index in [1.54, 1.807) is 0 Å². The Labute approximate surface area is 87.8 Å². The highest BCUT2D eigenvalue weighted by molar-refractivity contribution is 4.93. The number of piperidine rings is 1. The third kappa shape index (κ3) is 2.28. The number of nitrogens with zero attached hydrogens (tertiary/aromatic N) is 1. The molecule has 3 atom stereocenters. The van der Waals surface area contributed by atoms with Crippen LogP contribution >= 0.6 is 0 Å². The highest BCUT2D eigenvalue weighted by atomic mass is 19.4. The van der Waals surface area contributed by atoms with Crippen molar-refractivity contribution < 1.29 is 13.2 Å². The average molecular weight is 222 g/mol. The smallest absolute Gasteiger partial charge is 0.304 e. The van der Waals surface area contributed by atoms with Crippen molar-refractivity contribution >= 4 is 0 Å². The molecule has 1 N–H and O–H groups in total. The molecule has 88 valence electrons. The van der Waals surface area contributed by atoms with Crippen molar-refractivity contribution in [2.75, 3.05) is 13.1 Å². The van der Waals surface area contributed by atoms with Crippen LogP contribution in [0.2, 0.25) is 0 Å². The molecule has 3 unspecified atom stereocenters. The summed E-state index contributed by atoms with van der Waals surface area (Å²) >= 11 is 0. The first-order valence-electron chi connectivity index (χ1n) is 5.54. The molecule has 0 aliphatic carbocycles. The lowest BCUT2D eigenvalue weighted by molar-refractivity contribution is -0.172. The van der Waals surface area contributed by atoms with Gasteiger partial charge in [0.25, 0.3) is 0 Å². The molecule has 2 aliphatic rings. The first-order valence-corrected chi connectivity index (χ1v) is 5.54. The van der Waals surface area contributed by atoms with Crippen LogP contribution < -0.4 is 5.32 Å². The standard InChI is InChI=1S/C10H17F3N2/c1-7-3-2-4-8-5-14-9(6-15(7)8)10(11,12)13/h7-9,14H,2-6H2,1H3. The van der Waals surface area contributed by atoms with Crippen molar-refractivity contribution in [2.24, 2.45) is 0 Å². The Bertz CT molecular complexity index is 229. The van der Waals surface area contributed by atoms with Gasteiger partial charge in [-0.25, -0.2) is 0 Å². The zero-order valence-electron chi connectivity index (χ0n) is 8.85. The van der Waals surface area contributed by atoms with Crippen molar-refractivity contribution in [3.05, 3.63) is 0 Å². The van der Waals surface area contributed by atoms with Crippen LogP contribution in [0, 0.1) is 0 Å². The highest BCUT2D eigenvalue weighted by Crippen LogP contribution is 2.29. The van der Waals surface area contributed by atoms with Crippen molar-refractivity contribution in [3.8, 4) is 0 Å². The molecule has 15 heavy (non-hydrogen) atoms. The number of nitrogens with one attached hydrogen (secondary N) is 1. The van der Waals surface area contributed by atoms with Crippen LogP contribution in [-0.2, 0) is 0 Å². The molecule has 0 spiro atoms. The van der Waals surface area contributed by atoms with E-state index in [1.165, 1.54) is 0 Å². The Morgan fingerprint density at radius 1 is 1.27 bits per heavy atom. The van der Waals surface area contributed by atoms with Gasteiger partial charge in [-0.2, -0.15) is 13.2 Å². The Morgan fingerprint density at radius 2 is 2.00 bits per heavy atom. The minimum Gasteiger partial charge on any atom is -0.304 e. The predicted octanol–water partition coefficient (Wildman–Crippen LogP) is 1.76. The summed E-state index contributed by atoms with van der Waals surface area (Å²) in [5.74, 6) is 0. The van der Waals surface area contributed by atoms with Gasteiger partial charge in [0.1, 0.15) is 6.04 Å². The molecule has 0 radical (unpaired) electrons. The van der Waals surface area contributed by atoms with E-state index >= 15 is 0 Å². The minimum absolute atomic E-state index is 0.120. The Morgan fingerprint density at radius 3 is 2.67 bits per heavy atom.